The molecule has 0 aromatic heterocycles. The van der Waals surface area contributed by atoms with Gasteiger partial charge in [-0.25, -0.2) is 0 Å². The largest absolute Gasteiger partial charge is 0.494 e. The van der Waals surface area contributed by atoms with Crippen LogP contribution in [0, 0.1) is 0 Å². The molecule has 0 radical (unpaired) electrons. The predicted octanol–water partition coefficient (Wildman–Crippen LogP) is 4.07. The van der Waals surface area contributed by atoms with Crippen LogP contribution in [0.1, 0.15) is 29.8 Å². The third-order valence-electron chi connectivity index (χ3n) is 3.21. The maximum absolute atomic E-state index is 12.3. The van der Waals surface area contributed by atoms with E-state index in [0.29, 0.717) is 36.1 Å². The van der Waals surface area contributed by atoms with E-state index in [1.807, 2.05) is 38.1 Å². The molecule has 0 aliphatic heterocycles. The molecule has 0 saturated heterocycles. The van der Waals surface area contributed by atoms with Gasteiger partial charge >= 0.3 is 0 Å². The molecule has 2 rings (SSSR count). The molecule has 5 heteroatoms. The Morgan fingerprint density at radius 3 is 2.43 bits per heavy atom. The van der Waals surface area contributed by atoms with Crippen molar-refractivity contribution in [2.45, 2.75) is 20.4 Å². The number of carbonyl (C=O) groups is 1. The Bertz CT molecular complexity index is 673. The predicted molar refractivity (Wildman–Crippen MR) is 91.4 cm³/mol. The zero-order valence-corrected chi connectivity index (χ0v) is 14.0. The number of rotatable bonds is 7. The van der Waals surface area contributed by atoms with E-state index in [2.05, 4.69) is 5.32 Å². The van der Waals surface area contributed by atoms with Crippen LogP contribution in [-0.4, -0.2) is 19.1 Å². The Hall–Kier alpha value is -2.20. The van der Waals surface area contributed by atoms with Crippen molar-refractivity contribution in [1.29, 1.82) is 0 Å². The fraction of sp³-hybridized carbons (Fsp3) is 0.278. The van der Waals surface area contributed by atoms with Gasteiger partial charge in [0.05, 0.1) is 18.2 Å². The summed E-state index contributed by atoms with van der Waals surface area (Å²) in [6.45, 7) is 5.31. The molecule has 0 aliphatic rings. The molecular weight excluding hydrogens is 314 g/mol. The second kappa shape index (κ2) is 8.44. The summed E-state index contributed by atoms with van der Waals surface area (Å²) in [7, 11) is 0. The van der Waals surface area contributed by atoms with Gasteiger partial charge in [0, 0.05) is 17.7 Å². The summed E-state index contributed by atoms with van der Waals surface area (Å²) in [5, 5.41) is 3.30. The number of hydrogen-bond donors (Lipinski definition) is 1. The van der Waals surface area contributed by atoms with E-state index < -0.39 is 0 Å². The van der Waals surface area contributed by atoms with Gasteiger partial charge in [-0.2, -0.15) is 0 Å². The first kappa shape index (κ1) is 17.2. The summed E-state index contributed by atoms with van der Waals surface area (Å²) in [5.74, 6) is 1.16. The smallest absolute Gasteiger partial charge is 0.251 e. The van der Waals surface area contributed by atoms with Crippen molar-refractivity contribution in [3.8, 4) is 11.5 Å². The van der Waals surface area contributed by atoms with E-state index in [1.54, 1.807) is 18.2 Å². The van der Waals surface area contributed by atoms with E-state index in [0.717, 1.165) is 11.3 Å². The summed E-state index contributed by atoms with van der Waals surface area (Å²) < 4.78 is 10.9. The normalized spacial score (nSPS) is 10.2. The number of ether oxygens (including phenoxy) is 2. The lowest BCUT2D eigenvalue weighted by Crippen LogP contribution is -2.23. The minimum atomic E-state index is -0.193. The maximum atomic E-state index is 12.3. The van der Waals surface area contributed by atoms with Crippen LogP contribution < -0.4 is 14.8 Å². The number of nitrogens with one attached hydrogen (secondary N) is 1. The van der Waals surface area contributed by atoms with E-state index in [4.69, 9.17) is 21.1 Å². The minimum absolute atomic E-state index is 0.193. The van der Waals surface area contributed by atoms with E-state index >= 15 is 0 Å². The van der Waals surface area contributed by atoms with E-state index in [-0.39, 0.29) is 5.91 Å². The molecule has 0 spiro atoms. The highest BCUT2D eigenvalue weighted by Crippen LogP contribution is 2.25. The fourth-order valence-corrected chi connectivity index (χ4v) is 2.37. The monoisotopic (exact) mass is 333 g/mol. The zero-order chi connectivity index (χ0) is 16.7. The third-order valence-corrected chi connectivity index (χ3v) is 3.50. The number of carbonyl (C=O) groups excluding carboxylic acids is 1. The molecule has 23 heavy (non-hydrogen) atoms. The summed E-state index contributed by atoms with van der Waals surface area (Å²) in [6.07, 6.45) is 0. The van der Waals surface area contributed by atoms with Crippen molar-refractivity contribution >= 4 is 17.5 Å². The Labute approximate surface area is 141 Å². The number of hydrogen-bond acceptors (Lipinski definition) is 3. The van der Waals surface area contributed by atoms with Gasteiger partial charge in [-0.3, -0.25) is 4.79 Å². The SMILES string of the molecule is CCOc1ccc(C(=O)NCc2ccccc2OCC)cc1Cl. The molecule has 0 aliphatic carbocycles. The second-order valence-corrected chi connectivity index (χ2v) is 5.21. The molecule has 1 amide bonds. The van der Waals surface area contributed by atoms with Crippen LogP contribution in [0.15, 0.2) is 42.5 Å². The van der Waals surface area contributed by atoms with Crippen LogP contribution in [0.2, 0.25) is 5.02 Å². The van der Waals surface area contributed by atoms with Crippen LogP contribution in [0.5, 0.6) is 11.5 Å². The summed E-state index contributed by atoms with van der Waals surface area (Å²) >= 11 is 6.11. The molecule has 1 N–H and O–H groups in total. The van der Waals surface area contributed by atoms with Gasteiger partial charge in [0.25, 0.3) is 5.91 Å². The number of benzene rings is 2. The Morgan fingerprint density at radius 1 is 1.04 bits per heavy atom. The molecule has 122 valence electrons. The first-order valence-electron chi connectivity index (χ1n) is 7.57. The average Bonchev–Trinajstić information content (AvgIpc) is 2.56. The summed E-state index contributed by atoms with van der Waals surface area (Å²) in [6, 6.07) is 12.6. The maximum Gasteiger partial charge on any atom is 0.251 e. The summed E-state index contributed by atoms with van der Waals surface area (Å²) in [4.78, 5) is 12.3. The Kier molecular flexibility index (Phi) is 6.29. The van der Waals surface area contributed by atoms with Gasteiger partial charge in [-0.15, -0.1) is 0 Å². The van der Waals surface area contributed by atoms with Crippen molar-refractivity contribution in [2.24, 2.45) is 0 Å². The van der Waals surface area contributed by atoms with Gasteiger partial charge in [0.2, 0.25) is 0 Å². The van der Waals surface area contributed by atoms with Crippen molar-refractivity contribution in [2.75, 3.05) is 13.2 Å². The second-order valence-electron chi connectivity index (χ2n) is 4.80. The highest BCUT2D eigenvalue weighted by molar-refractivity contribution is 6.32. The molecule has 0 heterocycles. The van der Waals surface area contributed by atoms with E-state index in [9.17, 15) is 4.79 Å². The van der Waals surface area contributed by atoms with Gasteiger partial charge in [-0.1, -0.05) is 29.8 Å². The molecule has 0 saturated carbocycles. The lowest BCUT2D eigenvalue weighted by atomic mass is 10.1. The van der Waals surface area contributed by atoms with Crippen LogP contribution in [0.25, 0.3) is 0 Å². The molecule has 0 fully saturated rings. The first-order chi connectivity index (χ1) is 11.2. The third kappa shape index (κ3) is 4.63. The van der Waals surface area contributed by atoms with Crippen molar-refractivity contribution in [1.82, 2.24) is 5.32 Å². The average molecular weight is 334 g/mol. The number of para-hydroxylation sites is 1. The van der Waals surface area contributed by atoms with Gasteiger partial charge < -0.3 is 14.8 Å². The number of halogens is 1. The molecule has 2 aromatic carbocycles. The van der Waals surface area contributed by atoms with Crippen LogP contribution >= 0.6 is 11.6 Å². The van der Waals surface area contributed by atoms with Gasteiger partial charge in [0.1, 0.15) is 11.5 Å². The van der Waals surface area contributed by atoms with Crippen LogP contribution in [0.4, 0.5) is 0 Å². The van der Waals surface area contributed by atoms with Crippen LogP contribution in [-0.2, 0) is 6.54 Å². The van der Waals surface area contributed by atoms with Gasteiger partial charge in [0.15, 0.2) is 0 Å². The highest BCUT2D eigenvalue weighted by atomic mass is 35.5. The lowest BCUT2D eigenvalue weighted by Gasteiger charge is -2.11. The topological polar surface area (TPSA) is 47.6 Å². The standard InChI is InChI=1S/C18H20ClNO3/c1-3-22-16-8-6-5-7-14(16)12-20-18(21)13-9-10-17(23-4-2)15(19)11-13/h5-11H,3-4,12H2,1-2H3,(H,20,21). The van der Waals surface area contributed by atoms with Crippen LogP contribution in [0.3, 0.4) is 0 Å². The quantitative estimate of drug-likeness (QED) is 0.831. The zero-order valence-electron chi connectivity index (χ0n) is 13.3. The molecule has 2 aromatic rings. The van der Waals surface area contributed by atoms with E-state index in [1.165, 1.54) is 0 Å². The lowest BCUT2D eigenvalue weighted by molar-refractivity contribution is 0.0950. The fourth-order valence-electron chi connectivity index (χ4n) is 2.14. The summed E-state index contributed by atoms with van der Waals surface area (Å²) in [5.41, 5.74) is 1.42. The Balaban J connectivity index is 2.04. The highest BCUT2D eigenvalue weighted by Gasteiger charge is 2.10. The Morgan fingerprint density at radius 2 is 1.74 bits per heavy atom. The molecule has 4 nitrogen and oxygen atoms in total. The van der Waals surface area contributed by atoms with Crippen molar-refractivity contribution < 1.29 is 14.3 Å². The molecule has 0 unspecified atom stereocenters. The first-order valence-corrected chi connectivity index (χ1v) is 7.94. The number of amides is 1. The van der Waals surface area contributed by atoms with Crippen molar-refractivity contribution in [3.05, 3.63) is 58.6 Å². The molecule has 0 bridgehead atoms. The minimum Gasteiger partial charge on any atom is -0.494 e. The van der Waals surface area contributed by atoms with Gasteiger partial charge in [-0.05, 0) is 38.1 Å². The molecular formula is C18H20ClNO3. The van der Waals surface area contributed by atoms with Crippen molar-refractivity contribution in [3.63, 3.8) is 0 Å². The molecule has 0 atom stereocenters.